The van der Waals surface area contributed by atoms with Crippen molar-refractivity contribution in [3.63, 3.8) is 0 Å². The molecule has 1 aromatic carbocycles. The molecule has 0 N–H and O–H groups in total. The Kier molecular flexibility index (Phi) is 5.88. The van der Waals surface area contributed by atoms with E-state index < -0.39 is 0 Å². The van der Waals surface area contributed by atoms with Crippen LogP contribution in [0.1, 0.15) is 24.8 Å². The second-order valence-electron chi connectivity index (χ2n) is 3.27. The van der Waals surface area contributed by atoms with Gasteiger partial charge in [-0.3, -0.25) is 0 Å². The van der Waals surface area contributed by atoms with Crippen molar-refractivity contribution in [3.05, 3.63) is 35.9 Å². The molecule has 0 aliphatic rings. The van der Waals surface area contributed by atoms with Gasteiger partial charge in [0.15, 0.2) is 0 Å². The third-order valence-corrected chi connectivity index (χ3v) is 3.53. The van der Waals surface area contributed by atoms with E-state index in [-0.39, 0.29) is 0 Å². The molecule has 0 saturated carbocycles. The standard InChI is InChI=1S/C12H16S2/c1-14-12(13)10-6-5-9-11-7-3-2-4-8-11/h2-4,7-8H,5-6,9-10H2,1H3. The first kappa shape index (κ1) is 11.7. The molecule has 0 aromatic heterocycles. The molecule has 1 aromatic rings. The van der Waals surface area contributed by atoms with Crippen LogP contribution >= 0.6 is 24.0 Å². The zero-order chi connectivity index (χ0) is 10.2. The summed E-state index contributed by atoms with van der Waals surface area (Å²) in [5, 5.41) is 0. The summed E-state index contributed by atoms with van der Waals surface area (Å²) in [4.78, 5) is 0. The van der Waals surface area contributed by atoms with Crippen LogP contribution in [0.25, 0.3) is 0 Å². The van der Waals surface area contributed by atoms with Crippen molar-refractivity contribution < 1.29 is 0 Å². The van der Waals surface area contributed by atoms with Crippen LogP contribution in [0.4, 0.5) is 0 Å². The van der Waals surface area contributed by atoms with Crippen LogP contribution in [0, 0.1) is 0 Å². The van der Waals surface area contributed by atoms with Crippen molar-refractivity contribution >= 4 is 28.2 Å². The van der Waals surface area contributed by atoms with Crippen LogP contribution in [0.2, 0.25) is 0 Å². The van der Waals surface area contributed by atoms with E-state index in [9.17, 15) is 0 Å². The SMILES string of the molecule is CSC(=S)CCCCc1ccccc1. The lowest BCUT2D eigenvalue weighted by Gasteiger charge is -2.01. The second-order valence-corrected chi connectivity index (χ2v) is 4.92. The molecule has 0 fully saturated rings. The van der Waals surface area contributed by atoms with Crippen molar-refractivity contribution in [2.75, 3.05) is 6.26 Å². The number of benzene rings is 1. The van der Waals surface area contributed by atoms with E-state index in [0.717, 1.165) is 10.6 Å². The first-order valence-corrected chi connectivity index (χ1v) is 6.57. The average molecular weight is 224 g/mol. The second kappa shape index (κ2) is 7.02. The summed E-state index contributed by atoms with van der Waals surface area (Å²) in [5.41, 5.74) is 1.43. The highest BCUT2D eigenvalue weighted by Gasteiger charge is 1.95. The smallest absolute Gasteiger partial charge is 0.0475 e. The van der Waals surface area contributed by atoms with E-state index in [1.807, 2.05) is 0 Å². The summed E-state index contributed by atoms with van der Waals surface area (Å²) >= 11 is 6.85. The Hall–Kier alpha value is -0.340. The molecule has 0 atom stereocenters. The van der Waals surface area contributed by atoms with Crippen molar-refractivity contribution in [1.29, 1.82) is 0 Å². The molecule has 0 saturated heterocycles. The molecule has 0 heterocycles. The van der Waals surface area contributed by atoms with Gasteiger partial charge in [0.2, 0.25) is 0 Å². The van der Waals surface area contributed by atoms with E-state index in [2.05, 4.69) is 36.6 Å². The van der Waals surface area contributed by atoms with Gasteiger partial charge in [-0.25, -0.2) is 0 Å². The molecule has 1 rings (SSSR count). The Morgan fingerprint density at radius 1 is 1.21 bits per heavy atom. The molecule has 0 aliphatic heterocycles. The Labute approximate surface area is 96.1 Å². The van der Waals surface area contributed by atoms with E-state index in [1.54, 1.807) is 11.8 Å². The lowest BCUT2D eigenvalue weighted by molar-refractivity contribution is 0.768. The van der Waals surface area contributed by atoms with Gasteiger partial charge in [-0.05, 0) is 37.5 Å². The summed E-state index contributed by atoms with van der Waals surface area (Å²) in [6.07, 6.45) is 6.78. The average Bonchev–Trinajstić information content (AvgIpc) is 2.25. The van der Waals surface area contributed by atoms with Crippen molar-refractivity contribution in [2.45, 2.75) is 25.7 Å². The van der Waals surface area contributed by atoms with Gasteiger partial charge in [0.1, 0.15) is 0 Å². The van der Waals surface area contributed by atoms with Gasteiger partial charge in [-0.2, -0.15) is 0 Å². The molecule has 0 amide bonds. The predicted octanol–water partition coefficient (Wildman–Crippen LogP) is 4.09. The fourth-order valence-electron chi connectivity index (χ4n) is 1.35. The molecule has 76 valence electrons. The third-order valence-electron chi connectivity index (χ3n) is 2.17. The molecule has 14 heavy (non-hydrogen) atoms. The summed E-state index contributed by atoms with van der Waals surface area (Å²) in [7, 11) is 0. The fourth-order valence-corrected chi connectivity index (χ4v) is 1.84. The molecule has 0 unspecified atom stereocenters. The number of unbranched alkanes of at least 4 members (excludes halogenated alkanes) is 1. The van der Waals surface area contributed by atoms with Crippen molar-refractivity contribution in [3.8, 4) is 0 Å². The van der Waals surface area contributed by atoms with Crippen molar-refractivity contribution in [1.82, 2.24) is 0 Å². The quantitative estimate of drug-likeness (QED) is 0.546. The van der Waals surface area contributed by atoms with Crippen LogP contribution in [0.3, 0.4) is 0 Å². The minimum Gasteiger partial charge on any atom is -0.122 e. The maximum Gasteiger partial charge on any atom is 0.0475 e. The number of hydrogen-bond donors (Lipinski definition) is 0. The molecular formula is C12H16S2. The topological polar surface area (TPSA) is 0 Å². The predicted molar refractivity (Wildman–Crippen MR) is 70.1 cm³/mol. The molecule has 0 nitrogen and oxygen atoms in total. The molecule has 0 spiro atoms. The summed E-state index contributed by atoms with van der Waals surface area (Å²) in [5.74, 6) is 0. The van der Waals surface area contributed by atoms with E-state index in [1.165, 1.54) is 24.8 Å². The largest absolute Gasteiger partial charge is 0.122 e. The highest BCUT2D eigenvalue weighted by atomic mass is 32.2. The van der Waals surface area contributed by atoms with E-state index >= 15 is 0 Å². The number of hydrogen-bond acceptors (Lipinski definition) is 2. The Balaban J connectivity index is 2.13. The maximum atomic E-state index is 5.15. The number of thiocarbonyl (C=S) groups is 1. The molecule has 0 bridgehead atoms. The lowest BCUT2D eigenvalue weighted by Crippen LogP contribution is -1.89. The minimum atomic E-state index is 1.09. The minimum absolute atomic E-state index is 1.09. The van der Waals surface area contributed by atoms with Gasteiger partial charge in [0.05, 0.1) is 0 Å². The van der Waals surface area contributed by atoms with Crippen LogP contribution in [0.5, 0.6) is 0 Å². The monoisotopic (exact) mass is 224 g/mol. The van der Waals surface area contributed by atoms with E-state index in [4.69, 9.17) is 12.2 Å². The zero-order valence-corrected chi connectivity index (χ0v) is 10.2. The first-order chi connectivity index (χ1) is 6.83. The van der Waals surface area contributed by atoms with Crippen LogP contribution < -0.4 is 0 Å². The van der Waals surface area contributed by atoms with E-state index in [0.29, 0.717) is 0 Å². The fraction of sp³-hybridized carbons (Fsp3) is 0.417. The number of aryl methyl sites for hydroxylation is 1. The van der Waals surface area contributed by atoms with Gasteiger partial charge in [-0.1, -0.05) is 42.5 Å². The van der Waals surface area contributed by atoms with Crippen LogP contribution in [0.15, 0.2) is 30.3 Å². The van der Waals surface area contributed by atoms with Crippen LogP contribution in [-0.4, -0.2) is 10.5 Å². The summed E-state index contributed by atoms with van der Waals surface area (Å²) < 4.78 is 1.14. The molecule has 2 heteroatoms. The maximum absolute atomic E-state index is 5.15. The molecular weight excluding hydrogens is 208 g/mol. The Morgan fingerprint density at radius 2 is 1.93 bits per heavy atom. The van der Waals surface area contributed by atoms with Crippen molar-refractivity contribution in [2.24, 2.45) is 0 Å². The number of thioether (sulfide) groups is 1. The van der Waals surface area contributed by atoms with Gasteiger partial charge in [-0.15, -0.1) is 11.8 Å². The van der Waals surface area contributed by atoms with Gasteiger partial charge in [0, 0.05) is 4.20 Å². The first-order valence-electron chi connectivity index (χ1n) is 4.93. The highest BCUT2D eigenvalue weighted by Crippen LogP contribution is 2.10. The van der Waals surface area contributed by atoms with Crippen LogP contribution in [-0.2, 0) is 6.42 Å². The van der Waals surface area contributed by atoms with Gasteiger partial charge >= 0.3 is 0 Å². The lowest BCUT2D eigenvalue weighted by atomic mass is 10.1. The Morgan fingerprint density at radius 3 is 2.57 bits per heavy atom. The summed E-state index contributed by atoms with van der Waals surface area (Å²) in [6, 6.07) is 10.6. The summed E-state index contributed by atoms with van der Waals surface area (Å²) in [6.45, 7) is 0. The number of rotatable bonds is 5. The highest BCUT2D eigenvalue weighted by molar-refractivity contribution is 8.22. The van der Waals surface area contributed by atoms with Gasteiger partial charge in [0.25, 0.3) is 0 Å². The Bertz CT molecular complexity index is 267. The molecule has 0 radical (unpaired) electrons. The molecule has 0 aliphatic carbocycles. The van der Waals surface area contributed by atoms with Gasteiger partial charge < -0.3 is 0 Å². The normalized spacial score (nSPS) is 10.1. The zero-order valence-electron chi connectivity index (χ0n) is 8.53. The third kappa shape index (κ3) is 4.77.